The van der Waals surface area contributed by atoms with Crippen molar-refractivity contribution >= 4 is 16.9 Å². The molecule has 0 spiro atoms. The number of hydrogen-bond acceptors (Lipinski definition) is 7. The molecule has 1 aliphatic carbocycles. The SMILES string of the molecule is COC(=O)C1CCC(n2cnc3c(OC)c(OC)c(OC)cc3c2=O)CC1. The van der Waals surface area contributed by atoms with E-state index in [9.17, 15) is 9.59 Å². The van der Waals surface area contributed by atoms with E-state index in [0.717, 1.165) is 12.8 Å². The van der Waals surface area contributed by atoms with E-state index in [1.165, 1.54) is 28.4 Å². The van der Waals surface area contributed by atoms with Crippen molar-refractivity contribution in [1.29, 1.82) is 0 Å². The lowest BCUT2D eigenvalue weighted by molar-refractivity contribution is -0.146. The molecule has 1 fully saturated rings. The highest BCUT2D eigenvalue weighted by Gasteiger charge is 2.29. The first-order valence-electron chi connectivity index (χ1n) is 8.83. The Morgan fingerprint density at radius 3 is 2.26 bits per heavy atom. The van der Waals surface area contributed by atoms with Crippen molar-refractivity contribution in [3.05, 3.63) is 22.7 Å². The summed E-state index contributed by atoms with van der Waals surface area (Å²) in [5, 5.41) is 0.405. The summed E-state index contributed by atoms with van der Waals surface area (Å²) in [6, 6.07) is 1.62. The summed E-state index contributed by atoms with van der Waals surface area (Å²) in [5.74, 6) is 0.896. The Balaban J connectivity index is 2.01. The summed E-state index contributed by atoms with van der Waals surface area (Å²) in [5.41, 5.74) is 0.264. The first kappa shape index (κ1) is 19.0. The van der Waals surface area contributed by atoms with Crippen molar-refractivity contribution in [1.82, 2.24) is 9.55 Å². The number of ether oxygens (including phenoxy) is 4. The molecule has 0 amide bonds. The van der Waals surface area contributed by atoms with Gasteiger partial charge in [-0.05, 0) is 31.7 Å². The van der Waals surface area contributed by atoms with Gasteiger partial charge in [0.05, 0.1) is 46.1 Å². The van der Waals surface area contributed by atoms with Crippen LogP contribution in [-0.2, 0) is 9.53 Å². The molecule has 0 bridgehead atoms. The smallest absolute Gasteiger partial charge is 0.308 e. The van der Waals surface area contributed by atoms with Crippen LogP contribution in [0.4, 0.5) is 0 Å². The van der Waals surface area contributed by atoms with Gasteiger partial charge in [-0.3, -0.25) is 14.2 Å². The monoisotopic (exact) mass is 376 g/mol. The van der Waals surface area contributed by atoms with Crippen LogP contribution >= 0.6 is 0 Å². The third-order valence-corrected chi connectivity index (χ3v) is 5.20. The summed E-state index contributed by atoms with van der Waals surface area (Å²) >= 11 is 0. The second-order valence-corrected chi connectivity index (χ2v) is 6.53. The van der Waals surface area contributed by atoms with Gasteiger partial charge in [0.1, 0.15) is 5.52 Å². The molecule has 1 saturated carbocycles. The van der Waals surface area contributed by atoms with Crippen LogP contribution in [0, 0.1) is 5.92 Å². The molecular weight excluding hydrogens is 352 g/mol. The van der Waals surface area contributed by atoms with Gasteiger partial charge in [-0.1, -0.05) is 0 Å². The molecule has 146 valence electrons. The predicted molar refractivity (Wildman–Crippen MR) is 98.7 cm³/mol. The minimum absolute atomic E-state index is 0.00519. The molecule has 1 aliphatic rings. The van der Waals surface area contributed by atoms with Gasteiger partial charge in [-0.2, -0.15) is 0 Å². The van der Waals surface area contributed by atoms with Crippen molar-refractivity contribution in [3.63, 3.8) is 0 Å². The van der Waals surface area contributed by atoms with Gasteiger partial charge >= 0.3 is 5.97 Å². The Morgan fingerprint density at radius 1 is 1.04 bits per heavy atom. The zero-order chi connectivity index (χ0) is 19.6. The van der Waals surface area contributed by atoms with Crippen molar-refractivity contribution in [2.75, 3.05) is 28.4 Å². The summed E-state index contributed by atoms with van der Waals surface area (Å²) in [4.78, 5) is 29.3. The van der Waals surface area contributed by atoms with E-state index < -0.39 is 0 Å². The standard InChI is InChI=1S/C19H24N2O6/c1-24-14-9-13-15(17(26-3)16(14)25-2)20-10-21(18(13)22)12-7-5-11(6-8-12)19(23)27-4/h9-12H,5-8H2,1-4H3. The maximum Gasteiger partial charge on any atom is 0.308 e. The Morgan fingerprint density at radius 2 is 1.70 bits per heavy atom. The van der Waals surface area contributed by atoms with E-state index in [2.05, 4.69) is 4.98 Å². The molecule has 8 nitrogen and oxygen atoms in total. The Kier molecular flexibility index (Phi) is 5.53. The second-order valence-electron chi connectivity index (χ2n) is 6.53. The minimum Gasteiger partial charge on any atom is -0.493 e. The Hall–Kier alpha value is -2.77. The highest BCUT2D eigenvalue weighted by atomic mass is 16.5. The molecule has 27 heavy (non-hydrogen) atoms. The van der Waals surface area contributed by atoms with Crippen molar-refractivity contribution < 1.29 is 23.7 Å². The van der Waals surface area contributed by atoms with Gasteiger partial charge in [0, 0.05) is 6.04 Å². The molecule has 3 rings (SSSR count). The molecule has 0 saturated heterocycles. The lowest BCUT2D eigenvalue weighted by Crippen LogP contribution is -2.30. The van der Waals surface area contributed by atoms with E-state index >= 15 is 0 Å². The van der Waals surface area contributed by atoms with E-state index in [1.807, 2.05) is 0 Å². The molecule has 0 N–H and O–H groups in total. The molecule has 8 heteroatoms. The predicted octanol–water partition coefficient (Wildman–Crippen LogP) is 2.33. The quantitative estimate of drug-likeness (QED) is 0.740. The van der Waals surface area contributed by atoms with Crippen molar-refractivity contribution in [2.45, 2.75) is 31.7 Å². The fourth-order valence-electron chi connectivity index (χ4n) is 3.76. The van der Waals surface area contributed by atoms with Gasteiger partial charge in [-0.25, -0.2) is 4.98 Å². The molecule has 1 aromatic heterocycles. The molecular formula is C19H24N2O6. The number of carbonyl (C=O) groups excluding carboxylic acids is 1. The van der Waals surface area contributed by atoms with Gasteiger partial charge in [0.15, 0.2) is 11.5 Å². The number of nitrogens with zero attached hydrogens (tertiary/aromatic N) is 2. The first-order valence-corrected chi connectivity index (χ1v) is 8.83. The number of rotatable bonds is 5. The van der Waals surface area contributed by atoms with Crippen LogP contribution in [0.25, 0.3) is 10.9 Å². The topological polar surface area (TPSA) is 88.9 Å². The highest BCUT2D eigenvalue weighted by Crippen LogP contribution is 2.41. The normalized spacial score (nSPS) is 19.6. The third kappa shape index (κ3) is 3.31. The zero-order valence-electron chi connectivity index (χ0n) is 16.0. The summed E-state index contributed by atoms with van der Waals surface area (Å²) in [6.07, 6.45) is 4.37. The van der Waals surface area contributed by atoms with E-state index in [-0.39, 0.29) is 23.5 Å². The second kappa shape index (κ2) is 7.85. The van der Waals surface area contributed by atoms with E-state index in [0.29, 0.717) is 41.0 Å². The number of carbonyl (C=O) groups is 1. The highest BCUT2D eigenvalue weighted by molar-refractivity contribution is 5.89. The molecule has 0 unspecified atom stereocenters. The van der Waals surface area contributed by atoms with Crippen LogP contribution in [-0.4, -0.2) is 44.0 Å². The molecule has 0 aliphatic heterocycles. The average molecular weight is 376 g/mol. The fourth-order valence-corrected chi connectivity index (χ4v) is 3.76. The van der Waals surface area contributed by atoms with Gasteiger partial charge in [0.25, 0.3) is 5.56 Å². The number of esters is 1. The van der Waals surface area contributed by atoms with E-state index in [1.54, 1.807) is 17.0 Å². The molecule has 0 atom stereocenters. The molecule has 1 heterocycles. The molecule has 0 radical (unpaired) electrons. The summed E-state index contributed by atoms with van der Waals surface area (Å²) < 4.78 is 22.6. The van der Waals surface area contributed by atoms with Gasteiger partial charge < -0.3 is 18.9 Å². The van der Waals surface area contributed by atoms with Crippen LogP contribution in [0.3, 0.4) is 0 Å². The third-order valence-electron chi connectivity index (χ3n) is 5.20. The van der Waals surface area contributed by atoms with E-state index in [4.69, 9.17) is 18.9 Å². The van der Waals surface area contributed by atoms with Crippen molar-refractivity contribution in [3.8, 4) is 17.2 Å². The molecule has 2 aromatic rings. The largest absolute Gasteiger partial charge is 0.493 e. The van der Waals surface area contributed by atoms with Crippen LogP contribution < -0.4 is 19.8 Å². The maximum absolute atomic E-state index is 13.1. The zero-order valence-corrected chi connectivity index (χ0v) is 16.0. The van der Waals surface area contributed by atoms with Crippen LogP contribution in [0.1, 0.15) is 31.7 Å². The Bertz CT molecular complexity index is 899. The lowest BCUT2D eigenvalue weighted by atomic mass is 9.86. The lowest BCUT2D eigenvalue weighted by Gasteiger charge is -2.28. The van der Waals surface area contributed by atoms with Crippen LogP contribution in [0.2, 0.25) is 0 Å². The molecule has 1 aromatic carbocycles. The number of benzene rings is 1. The first-order chi connectivity index (χ1) is 13.0. The number of methoxy groups -OCH3 is 4. The van der Waals surface area contributed by atoms with Crippen LogP contribution in [0.15, 0.2) is 17.2 Å². The number of fused-ring (bicyclic) bond motifs is 1. The summed E-state index contributed by atoms with van der Waals surface area (Å²) in [6.45, 7) is 0. The minimum atomic E-state index is -0.181. The number of hydrogen-bond donors (Lipinski definition) is 0. The number of aromatic nitrogens is 2. The van der Waals surface area contributed by atoms with Crippen molar-refractivity contribution in [2.24, 2.45) is 5.92 Å². The average Bonchev–Trinajstić information content (AvgIpc) is 2.72. The van der Waals surface area contributed by atoms with Gasteiger partial charge in [0.2, 0.25) is 5.75 Å². The fraction of sp³-hybridized carbons (Fsp3) is 0.526. The van der Waals surface area contributed by atoms with Gasteiger partial charge in [-0.15, -0.1) is 0 Å². The summed E-state index contributed by atoms with van der Waals surface area (Å²) in [7, 11) is 5.92. The Labute approximate surface area is 157 Å². The maximum atomic E-state index is 13.1. The van der Waals surface area contributed by atoms with Crippen LogP contribution in [0.5, 0.6) is 17.2 Å².